The molecule has 1 unspecified atom stereocenters. The zero-order valence-electron chi connectivity index (χ0n) is 15.9. The first-order valence-electron chi connectivity index (χ1n) is 9.33. The second-order valence-electron chi connectivity index (χ2n) is 7.00. The van der Waals surface area contributed by atoms with Crippen molar-refractivity contribution in [3.05, 3.63) is 71.2 Å². The maximum atomic E-state index is 14.4. The summed E-state index contributed by atoms with van der Waals surface area (Å²) in [5.41, 5.74) is 3.60. The molecule has 0 saturated heterocycles. The summed E-state index contributed by atoms with van der Waals surface area (Å²) in [6.45, 7) is 0. The minimum atomic E-state index is -0.439. The van der Waals surface area contributed by atoms with E-state index in [-0.39, 0.29) is 11.9 Å². The second-order valence-corrected chi connectivity index (χ2v) is 7.00. The Morgan fingerprint density at radius 1 is 1.25 bits per heavy atom. The molecule has 144 valence electrons. The molecule has 1 aromatic heterocycles. The molecule has 28 heavy (non-hydrogen) atoms. The number of hydrogen-bond acceptors (Lipinski definition) is 3. The smallest absolute Gasteiger partial charge is 0.270 e. The Bertz CT molecular complexity index is 1030. The summed E-state index contributed by atoms with van der Waals surface area (Å²) < 4.78 is 20.9. The zero-order chi connectivity index (χ0) is 19.7. The predicted molar refractivity (Wildman–Crippen MR) is 105 cm³/mol. The molecule has 1 aliphatic rings. The van der Waals surface area contributed by atoms with Crippen LogP contribution in [0.15, 0.2) is 48.5 Å². The van der Waals surface area contributed by atoms with E-state index < -0.39 is 5.82 Å². The molecule has 0 fully saturated rings. The highest BCUT2D eigenvalue weighted by Crippen LogP contribution is 2.30. The number of halogens is 1. The van der Waals surface area contributed by atoms with Crippen molar-refractivity contribution in [3.63, 3.8) is 0 Å². The fourth-order valence-corrected chi connectivity index (χ4v) is 3.78. The van der Waals surface area contributed by atoms with Crippen molar-refractivity contribution < 1.29 is 13.9 Å². The molecule has 0 bridgehead atoms. The van der Waals surface area contributed by atoms with Crippen molar-refractivity contribution in [3.8, 4) is 17.0 Å². The monoisotopic (exact) mass is 379 g/mol. The normalized spacial score (nSPS) is 15.8. The number of rotatable bonds is 4. The van der Waals surface area contributed by atoms with Crippen molar-refractivity contribution >= 4 is 5.91 Å². The topological polar surface area (TPSA) is 56.1 Å². The molecule has 6 heteroatoms. The first-order chi connectivity index (χ1) is 13.6. The molecule has 1 atom stereocenters. The Morgan fingerprint density at radius 2 is 2.07 bits per heavy atom. The van der Waals surface area contributed by atoms with E-state index in [1.165, 1.54) is 29.0 Å². The molecule has 4 rings (SSSR count). The molecule has 1 amide bonds. The summed E-state index contributed by atoms with van der Waals surface area (Å²) in [4.78, 5) is 12.9. The van der Waals surface area contributed by atoms with Crippen LogP contribution >= 0.6 is 0 Å². The Kier molecular flexibility index (Phi) is 4.86. The average Bonchev–Trinajstić information content (AvgIpc) is 3.09. The first kappa shape index (κ1) is 18.2. The average molecular weight is 379 g/mol. The highest BCUT2D eigenvalue weighted by Gasteiger charge is 2.24. The van der Waals surface area contributed by atoms with Crippen LogP contribution in [0.3, 0.4) is 0 Å². The number of ether oxygens (including phenoxy) is 1. The number of carbonyl (C=O) groups excluding carboxylic acids is 1. The van der Waals surface area contributed by atoms with Gasteiger partial charge in [0.25, 0.3) is 5.91 Å². The van der Waals surface area contributed by atoms with E-state index in [0.717, 1.165) is 19.3 Å². The fourth-order valence-electron chi connectivity index (χ4n) is 3.78. The summed E-state index contributed by atoms with van der Waals surface area (Å²) in [7, 11) is 3.18. The van der Waals surface area contributed by atoms with Crippen LogP contribution in [0.2, 0.25) is 0 Å². The summed E-state index contributed by atoms with van der Waals surface area (Å²) in [5.74, 6) is -0.214. The Morgan fingerprint density at radius 3 is 2.86 bits per heavy atom. The quantitative estimate of drug-likeness (QED) is 0.744. The highest BCUT2D eigenvalue weighted by atomic mass is 19.1. The van der Waals surface area contributed by atoms with Crippen molar-refractivity contribution in [2.24, 2.45) is 7.05 Å². The molecule has 0 aliphatic heterocycles. The maximum Gasteiger partial charge on any atom is 0.270 e. The summed E-state index contributed by atoms with van der Waals surface area (Å²) in [5, 5.41) is 7.45. The highest BCUT2D eigenvalue weighted by molar-refractivity contribution is 5.94. The molecule has 3 aromatic rings. The minimum Gasteiger partial charge on any atom is -0.497 e. The molecule has 1 N–H and O–H groups in total. The van der Waals surface area contributed by atoms with Gasteiger partial charge in [0.2, 0.25) is 0 Å². The van der Waals surface area contributed by atoms with Gasteiger partial charge in [-0.3, -0.25) is 9.48 Å². The van der Waals surface area contributed by atoms with E-state index >= 15 is 0 Å². The number of aryl methyl sites for hydroxylation is 2. The SMILES string of the molecule is COc1ccc(-c2cc(C(=O)NC3CCCc4ccccc43)n(C)n2)c(F)c1. The van der Waals surface area contributed by atoms with Gasteiger partial charge in [0.05, 0.1) is 18.8 Å². The van der Waals surface area contributed by atoms with Gasteiger partial charge in [-0.15, -0.1) is 0 Å². The molecule has 1 aliphatic carbocycles. The van der Waals surface area contributed by atoms with Gasteiger partial charge in [-0.1, -0.05) is 24.3 Å². The van der Waals surface area contributed by atoms with Gasteiger partial charge in [-0.2, -0.15) is 5.10 Å². The maximum absolute atomic E-state index is 14.4. The lowest BCUT2D eigenvalue weighted by Gasteiger charge is -2.26. The number of nitrogens with zero attached hydrogens (tertiary/aromatic N) is 2. The lowest BCUT2D eigenvalue weighted by molar-refractivity contribution is 0.0923. The lowest BCUT2D eigenvalue weighted by atomic mass is 9.87. The third kappa shape index (κ3) is 3.38. The predicted octanol–water partition coefficient (Wildman–Crippen LogP) is 4.04. The largest absolute Gasteiger partial charge is 0.497 e. The summed E-state index contributed by atoms with van der Waals surface area (Å²) >= 11 is 0. The third-order valence-electron chi connectivity index (χ3n) is 5.24. The van der Waals surface area contributed by atoms with Crippen molar-refractivity contribution in [1.29, 1.82) is 0 Å². The first-order valence-corrected chi connectivity index (χ1v) is 9.33. The number of methoxy groups -OCH3 is 1. The number of nitrogens with one attached hydrogen (secondary N) is 1. The number of aromatic nitrogens is 2. The van der Waals surface area contributed by atoms with Crippen LogP contribution in [0.5, 0.6) is 5.75 Å². The van der Waals surface area contributed by atoms with Crippen molar-refractivity contribution in [2.45, 2.75) is 25.3 Å². The van der Waals surface area contributed by atoms with Crippen LogP contribution in [-0.2, 0) is 13.5 Å². The third-order valence-corrected chi connectivity index (χ3v) is 5.24. The van der Waals surface area contributed by atoms with Crippen LogP contribution in [0, 0.1) is 5.82 Å². The van der Waals surface area contributed by atoms with E-state index in [0.29, 0.717) is 22.7 Å². The van der Waals surface area contributed by atoms with Crippen LogP contribution in [0.1, 0.15) is 40.5 Å². The van der Waals surface area contributed by atoms with Crippen molar-refractivity contribution in [2.75, 3.05) is 7.11 Å². The van der Waals surface area contributed by atoms with E-state index in [9.17, 15) is 9.18 Å². The summed E-state index contributed by atoms with van der Waals surface area (Å²) in [6, 6.07) is 14.4. The lowest BCUT2D eigenvalue weighted by Crippen LogP contribution is -2.32. The number of carbonyl (C=O) groups is 1. The molecule has 0 radical (unpaired) electrons. The van der Waals surface area contributed by atoms with E-state index in [1.807, 2.05) is 12.1 Å². The zero-order valence-corrected chi connectivity index (χ0v) is 15.9. The Labute approximate surface area is 163 Å². The number of hydrogen-bond donors (Lipinski definition) is 1. The second kappa shape index (κ2) is 7.46. The van der Waals surface area contributed by atoms with Gasteiger partial charge in [-0.05, 0) is 48.6 Å². The molecular formula is C22H22FN3O2. The van der Waals surface area contributed by atoms with Crippen LogP contribution in [-0.4, -0.2) is 22.8 Å². The number of fused-ring (bicyclic) bond motifs is 1. The van der Waals surface area contributed by atoms with Gasteiger partial charge in [0.15, 0.2) is 0 Å². The molecule has 0 spiro atoms. The standard InChI is InChI=1S/C22H22FN3O2/c1-26-21(13-20(25-26)17-11-10-15(28-2)12-18(17)23)22(27)24-19-9-5-7-14-6-3-4-8-16(14)19/h3-4,6,8,10-13,19H,5,7,9H2,1-2H3,(H,24,27). The molecule has 0 saturated carbocycles. The summed E-state index contributed by atoms with van der Waals surface area (Å²) in [6.07, 6.45) is 2.98. The van der Waals surface area contributed by atoms with E-state index in [2.05, 4.69) is 22.5 Å². The van der Waals surface area contributed by atoms with E-state index in [4.69, 9.17) is 4.74 Å². The van der Waals surface area contributed by atoms with Crippen LogP contribution in [0.25, 0.3) is 11.3 Å². The van der Waals surface area contributed by atoms with Gasteiger partial charge >= 0.3 is 0 Å². The Hall–Kier alpha value is -3.15. The van der Waals surface area contributed by atoms with Crippen LogP contribution in [0.4, 0.5) is 4.39 Å². The number of amides is 1. The number of benzene rings is 2. The van der Waals surface area contributed by atoms with Gasteiger partial charge in [0.1, 0.15) is 17.3 Å². The van der Waals surface area contributed by atoms with Gasteiger partial charge < -0.3 is 10.1 Å². The van der Waals surface area contributed by atoms with E-state index in [1.54, 1.807) is 25.2 Å². The molecule has 1 heterocycles. The van der Waals surface area contributed by atoms with Crippen molar-refractivity contribution in [1.82, 2.24) is 15.1 Å². The molecule has 2 aromatic carbocycles. The minimum absolute atomic E-state index is 0.0199. The Balaban J connectivity index is 1.58. The van der Waals surface area contributed by atoms with Crippen LogP contribution < -0.4 is 10.1 Å². The molecular weight excluding hydrogens is 357 g/mol. The fraction of sp³-hybridized carbons (Fsp3) is 0.273. The van der Waals surface area contributed by atoms with Gasteiger partial charge in [-0.25, -0.2) is 4.39 Å². The van der Waals surface area contributed by atoms with Gasteiger partial charge in [0, 0.05) is 18.7 Å². The molecule has 5 nitrogen and oxygen atoms in total.